The predicted molar refractivity (Wildman–Crippen MR) is 80.2 cm³/mol. The van der Waals surface area contributed by atoms with E-state index in [0.29, 0.717) is 16.2 Å². The van der Waals surface area contributed by atoms with Crippen LogP contribution >= 0.6 is 15.9 Å². The van der Waals surface area contributed by atoms with Crippen molar-refractivity contribution in [1.82, 2.24) is 24.6 Å². The van der Waals surface area contributed by atoms with E-state index in [1.807, 2.05) is 12.3 Å². The lowest BCUT2D eigenvalue weighted by Crippen LogP contribution is -1.99. The average molecular weight is 346 g/mol. The molecule has 3 heterocycles. The van der Waals surface area contributed by atoms with Gasteiger partial charge in [-0.3, -0.25) is 4.98 Å². The van der Waals surface area contributed by atoms with Crippen LogP contribution in [0, 0.1) is 0 Å². The lowest BCUT2D eigenvalue weighted by atomic mass is 10.2. The van der Waals surface area contributed by atoms with E-state index in [0.717, 1.165) is 22.8 Å². The first-order valence-electron chi connectivity index (χ1n) is 6.67. The third-order valence-electron chi connectivity index (χ3n) is 3.49. The third kappa shape index (κ3) is 2.27. The second kappa shape index (κ2) is 4.77. The Morgan fingerprint density at radius 2 is 2.10 bits per heavy atom. The Labute approximate surface area is 129 Å². The molecule has 6 nitrogen and oxygen atoms in total. The topological polar surface area (TPSA) is 65.2 Å². The molecule has 0 atom stereocenters. The van der Waals surface area contributed by atoms with Gasteiger partial charge < -0.3 is 4.74 Å². The summed E-state index contributed by atoms with van der Waals surface area (Å²) >= 11 is 3.32. The summed E-state index contributed by atoms with van der Waals surface area (Å²) in [6, 6.07) is 1.92. The zero-order valence-corrected chi connectivity index (χ0v) is 12.9. The zero-order chi connectivity index (χ0) is 14.4. The Bertz CT molecular complexity index is 827. The standard InChI is InChI=1S/C14H12BrN5O/c1-21-11-7-20-13(18-14(11)8-2-3-8)4-9(19-20)10-5-16-6-12(15)17-10/h4-8H,2-3H2,1H3. The van der Waals surface area contributed by atoms with Gasteiger partial charge in [-0.15, -0.1) is 0 Å². The summed E-state index contributed by atoms with van der Waals surface area (Å²) in [6.07, 6.45) is 7.57. The highest BCUT2D eigenvalue weighted by molar-refractivity contribution is 9.10. The van der Waals surface area contributed by atoms with E-state index >= 15 is 0 Å². The maximum absolute atomic E-state index is 5.43. The summed E-state index contributed by atoms with van der Waals surface area (Å²) in [4.78, 5) is 13.2. The van der Waals surface area contributed by atoms with Crippen LogP contribution < -0.4 is 4.74 Å². The molecule has 21 heavy (non-hydrogen) atoms. The summed E-state index contributed by atoms with van der Waals surface area (Å²) in [5.74, 6) is 1.31. The van der Waals surface area contributed by atoms with Crippen molar-refractivity contribution in [3.63, 3.8) is 0 Å². The largest absolute Gasteiger partial charge is 0.493 e. The van der Waals surface area contributed by atoms with E-state index in [1.54, 1.807) is 24.0 Å². The summed E-state index contributed by atoms with van der Waals surface area (Å²) < 4.78 is 7.84. The van der Waals surface area contributed by atoms with E-state index < -0.39 is 0 Å². The van der Waals surface area contributed by atoms with Crippen molar-refractivity contribution in [3.05, 3.63) is 35.0 Å². The molecule has 1 saturated carbocycles. The maximum Gasteiger partial charge on any atom is 0.159 e. The van der Waals surface area contributed by atoms with E-state index in [1.165, 1.54) is 12.8 Å². The van der Waals surface area contributed by atoms with Crippen LogP contribution in [-0.2, 0) is 0 Å². The fraction of sp³-hybridized carbons (Fsp3) is 0.286. The molecule has 0 radical (unpaired) electrons. The van der Waals surface area contributed by atoms with Crippen molar-refractivity contribution in [2.75, 3.05) is 7.11 Å². The fourth-order valence-corrected chi connectivity index (χ4v) is 2.63. The molecule has 0 spiro atoms. The second-order valence-electron chi connectivity index (χ2n) is 5.03. The predicted octanol–water partition coefficient (Wildman–Crippen LogP) is 2.83. The van der Waals surface area contributed by atoms with Gasteiger partial charge in [0.05, 0.1) is 31.4 Å². The number of hydrogen-bond acceptors (Lipinski definition) is 5. The molecule has 0 amide bonds. The molecule has 0 aromatic carbocycles. The number of hydrogen-bond donors (Lipinski definition) is 0. The molecule has 1 aliphatic rings. The van der Waals surface area contributed by atoms with Crippen molar-refractivity contribution in [1.29, 1.82) is 0 Å². The van der Waals surface area contributed by atoms with Gasteiger partial charge in [-0.2, -0.15) is 5.10 Å². The van der Waals surface area contributed by atoms with E-state index in [4.69, 9.17) is 9.72 Å². The summed E-state index contributed by atoms with van der Waals surface area (Å²) in [7, 11) is 1.67. The Morgan fingerprint density at radius 3 is 2.81 bits per heavy atom. The molecular formula is C14H12BrN5O. The minimum Gasteiger partial charge on any atom is -0.493 e. The first kappa shape index (κ1) is 12.7. The van der Waals surface area contributed by atoms with Crippen LogP contribution in [-0.4, -0.2) is 31.7 Å². The number of aromatic nitrogens is 5. The van der Waals surface area contributed by atoms with Gasteiger partial charge in [0.15, 0.2) is 11.4 Å². The Morgan fingerprint density at radius 1 is 1.24 bits per heavy atom. The smallest absolute Gasteiger partial charge is 0.159 e. The lowest BCUT2D eigenvalue weighted by molar-refractivity contribution is 0.403. The fourth-order valence-electron chi connectivity index (χ4n) is 2.32. The van der Waals surface area contributed by atoms with Gasteiger partial charge in [-0.05, 0) is 28.8 Å². The zero-order valence-electron chi connectivity index (χ0n) is 11.3. The van der Waals surface area contributed by atoms with E-state index in [2.05, 4.69) is 31.0 Å². The molecular weight excluding hydrogens is 334 g/mol. The van der Waals surface area contributed by atoms with Gasteiger partial charge >= 0.3 is 0 Å². The average Bonchev–Trinajstić information content (AvgIpc) is 3.25. The van der Waals surface area contributed by atoms with Crippen LogP contribution in [0.2, 0.25) is 0 Å². The number of methoxy groups -OCH3 is 1. The summed E-state index contributed by atoms with van der Waals surface area (Å²) in [5, 5.41) is 4.50. The maximum atomic E-state index is 5.43. The van der Waals surface area contributed by atoms with Crippen LogP contribution in [0.15, 0.2) is 29.3 Å². The Hall–Kier alpha value is -2.02. The molecule has 3 aromatic heterocycles. The lowest BCUT2D eigenvalue weighted by Gasteiger charge is -2.06. The van der Waals surface area contributed by atoms with Crippen molar-refractivity contribution in [2.45, 2.75) is 18.8 Å². The van der Waals surface area contributed by atoms with Crippen LogP contribution in [0.3, 0.4) is 0 Å². The van der Waals surface area contributed by atoms with Crippen LogP contribution in [0.4, 0.5) is 0 Å². The van der Waals surface area contributed by atoms with E-state index in [-0.39, 0.29) is 0 Å². The first-order chi connectivity index (χ1) is 10.2. The van der Waals surface area contributed by atoms with Gasteiger partial charge in [-0.1, -0.05) is 0 Å². The van der Waals surface area contributed by atoms with E-state index in [9.17, 15) is 0 Å². The molecule has 0 bridgehead atoms. The number of nitrogens with zero attached hydrogens (tertiary/aromatic N) is 5. The molecule has 0 aliphatic heterocycles. The molecule has 1 fully saturated rings. The van der Waals surface area contributed by atoms with Crippen LogP contribution in [0.25, 0.3) is 17.0 Å². The number of rotatable bonds is 3. The van der Waals surface area contributed by atoms with Gasteiger partial charge in [0.1, 0.15) is 16.0 Å². The second-order valence-corrected chi connectivity index (χ2v) is 5.84. The molecule has 7 heteroatoms. The highest BCUT2D eigenvalue weighted by atomic mass is 79.9. The van der Waals surface area contributed by atoms with Gasteiger partial charge in [0, 0.05) is 12.0 Å². The van der Waals surface area contributed by atoms with Gasteiger partial charge in [0.25, 0.3) is 0 Å². The highest BCUT2D eigenvalue weighted by Gasteiger charge is 2.29. The quantitative estimate of drug-likeness (QED) is 0.730. The molecule has 106 valence electrons. The van der Waals surface area contributed by atoms with Crippen molar-refractivity contribution < 1.29 is 4.74 Å². The highest BCUT2D eigenvalue weighted by Crippen LogP contribution is 2.43. The minimum atomic E-state index is 0.522. The molecule has 1 aliphatic carbocycles. The van der Waals surface area contributed by atoms with Crippen molar-refractivity contribution in [3.8, 4) is 17.1 Å². The van der Waals surface area contributed by atoms with Crippen LogP contribution in [0.5, 0.6) is 5.75 Å². The first-order valence-corrected chi connectivity index (χ1v) is 7.46. The molecule has 4 rings (SSSR count). The van der Waals surface area contributed by atoms with Crippen molar-refractivity contribution >= 4 is 21.6 Å². The number of fused-ring (bicyclic) bond motifs is 1. The van der Waals surface area contributed by atoms with Gasteiger partial charge in [0.2, 0.25) is 0 Å². The Balaban J connectivity index is 1.86. The SMILES string of the molecule is COc1cn2nc(-c3cncc(Br)n3)cc2nc1C1CC1. The van der Waals surface area contributed by atoms with Crippen molar-refractivity contribution in [2.24, 2.45) is 0 Å². The number of ether oxygens (including phenoxy) is 1. The Kier molecular flexibility index (Phi) is 2.88. The number of halogens is 1. The summed E-state index contributed by atoms with van der Waals surface area (Å²) in [6.45, 7) is 0. The molecule has 3 aromatic rings. The molecule has 0 unspecified atom stereocenters. The monoisotopic (exact) mass is 345 g/mol. The normalized spacial score (nSPS) is 14.6. The summed E-state index contributed by atoms with van der Waals surface area (Å²) in [5.41, 5.74) is 3.28. The van der Waals surface area contributed by atoms with Crippen LogP contribution in [0.1, 0.15) is 24.5 Å². The third-order valence-corrected chi connectivity index (χ3v) is 3.88. The molecule has 0 saturated heterocycles. The minimum absolute atomic E-state index is 0.522. The molecule has 0 N–H and O–H groups in total. The van der Waals surface area contributed by atoms with Gasteiger partial charge in [-0.25, -0.2) is 14.5 Å².